The molecule has 0 amide bonds. The van der Waals surface area contributed by atoms with Crippen molar-refractivity contribution in [1.82, 2.24) is 4.98 Å². The zero-order chi connectivity index (χ0) is 15.6. The van der Waals surface area contributed by atoms with Crippen molar-refractivity contribution in [2.75, 3.05) is 0 Å². The smallest absolute Gasteiger partial charge is 0.341 e. The van der Waals surface area contributed by atoms with Crippen LogP contribution in [0.2, 0.25) is 5.02 Å². The van der Waals surface area contributed by atoms with Gasteiger partial charge >= 0.3 is 5.97 Å². The number of carbonyl (C=O) groups is 1. The topological polar surface area (TPSA) is 103 Å². The van der Waals surface area contributed by atoms with Gasteiger partial charge in [-0.15, -0.1) is 0 Å². The predicted molar refractivity (Wildman–Crippen MR) is 74.1 cm³/mol. The summed E-state index contributed by atoms with van der Waals surface area (Å²) in [5, 5.41) is 20.0. The van der Waals surface area contributed by atoms with Crippen LogP contribution in [0.5, 0.6) is 11.6 Å². The van der Waals surface area contributed by atoms with Crippen LogP contribution in [0.3, 0.4) is 0 Å². The van der Waals surface area contributed by atoms with Crippen molar-refractivity contribution in [3.05, 3.63) is 56.7 Å². The van der Waals surface area contributed by atoms with E-state index in [0.29, 0.717) is 0 Å². The molecule has 1 N–H and O–H groups in total. The van der Waals surface area contributed by atoms with Crippen LogP contribution < -0.4 is 4.74 Å². The van der Waals surface area contributed by atoms with E-state index in [9.17, 15) is 14.9 Å². The van der Waals surface area contributed by atoms with Gasteiger partial charge in [0.05, 0.1) is 9.95 Å². The normalized spacial score (nSPS) is 10.2. The number of ether oxygens (including phenoxy) is 1. The van der Waals surface area contributed by atoms with E-state index >= 15 is 0 Å². The molecule has 0 atom stereocenters. The van der Waals surface area contributed by atoms with Gasteiger partial charge in [0.2, 0.25) is 5.88 Å². The highest BCUT2D eigenvalue weighted by atomic mass is 35.5. The number of rotatable bonds is 4. The third-order valence-corrected chi connectivity index (χ3v) is 2.87. The monoisotopic (exact) mass is 308 g/mol. The number of benzene rings is 1. The van der Waals surface area contributed by atoms with E-state index < -0.39 is 22.1 Å². The summed E-state index contributed by atoms with van der Waals surface area (Å²) in [6, 6.07) is 5.81. The quantitative estimate of drug-likeness (QED) is 0.685. The van der Waals surface area contributed by atoms with E-state index in [2.05, 4.69) is 4.98 Å². The molecule has 0 aliphatic carbocycles. The van der Waals surface area contributed by atoms with Gasteiger partial charge in [-0.1, -0.05) is 17.7 Å². The van der Waals surface area contributed by atoms with Crippen LogP contribution in [0.1, 0.15) is 15.9 Å². The Morgan fingerprint density at radius 2 is 2.14 bits per heavy atom. The van der Waals surface area contributed by atoms with Crippen LogP contribution in [0.4, 0.5) is 5.69 Å². The van der Waals surface area contributed by atoms with Crippen molar-refractivity contribution in [3.63, 3.8) is 0 Å². The van der Waals surface area contributed by atoms with Gasteiger partial charge < -0.3 is 9.84 Å². The molecule has 108 valence electrons. The summed E-state index contributed by atoms with van der Waals surface area (Å²) in [5.41, 5.74) is 0.0538. The molecule has 0 saturated carbocycles. The summed E-state index contributed by atoms with van der Waals surface area (Å²) in [4.78, 5) is 24.7. The maximum absolute atomic E-state index is 11.2. The van der Waals surface area contributed by atoms with Crippen LogP contribution in [0.15, 0.2) is 30.5 Å². The second-order valence-corrected chi connectivity index (χ2v) is 4.55. The second kappa shape index (κ2) is 5.76. The Labute approximate surface area is 123 Å². The number of carboxylic acids is 1. The van der Waals surface area contributed by atoms with Crippen molar-refractivity contribution < 1.29 is 19.6 Å². The Morgan fingerprint density at radius 3 is 2.71 bits per heavy atom. The van der Waals surface area contributed by atoms with Crippen molar-refractivity contribution in [1.29, 1.82) is 0 Å². The average molecular weight is 309 g/mol. The predicted octanol–water partition coefficient (Wildman–Crippen LogP) is 3.44. The molecule has 7 nitrogen and oxygen atoms in total. The van der Waals surface area contributed by atoms with Gasteiger partial charge in [-0.2, -0.15) is 0 Å². The van der Waals surface area contributed by atoms with Gasteiger partial charge in [-0.3, -0.25) is 10.1 Å². The summed E-state index contributed by atoms with van der Waals surface area (Å²) in [5.74, 6) is -1.44. The molecule has 1 heterocycles. The number of pyridine rings is 1. The lowest BCUT2D eigenvalue weighted by molar-refractivity contribution is -0.385. The first-order valence-electron chi connectivity index (χ1n) is 5.70. The number of aromatic carboxylic acids is 1. The molecule has 0 aliphatic rings. The van der Waals surface area contributed by atoms with Crippen LogP contribution >= 0.6 is 11.6 Å². The highest BCUT2D eigenvalue weighted by Crippen LogP contribution is 2.31. The van der Waals surface area contributed by atoms with Gasteiger partial charge in [0.1, 0.15) is 17.5 Å². The Balaban J connectivity index is 2.44. The second-order valence-electron chi connectivity index (χ2n) is 4.14. The van der Waals surface area contributed by atoms with Gasteiger partial charge in [-0.25, -0.2) is 9.78 Å². The number of carboxylic acid groups (broad SMARTS) is 1. The number of aromatic nitrogens is 1. The zero-order valence-electron chi connectivity index (χ0n) is 10.7. The van der Waals surface area contributed by atoms with E-state index in [1.54, 1.807) is 18.2 Å². The van der Waals surface area contributed by atoms with Gasteiger partial charge in [-0.05, 0) is 24.6 Å². The summed E-state index contributed by atoms with van der Waals surface area (Å²) in [7, 11) is 0. The van der Waals surface area contributed by atoms with Gasteiger partial charge in [0.15, 0.2) is 0 Å². The molecule has 0 radical (unpaired) electrons. The van der Waals surface area contributed by atoms with E-state index in [1.165, 1.54) is 0 Å². The molecule has 8 heteroatoms. The lowest BCUT2D eigenvalue weighted by atomic mass is 10.2. The third kappa shape index (κ3) is 3.26. The van der Waals surface area contributed by atoms with Crippen molar-refractivity contribution in [2.24, 2.45) is 0 Å². The van der Waals surface area contributed by atoms with Gasteiger partial charge in [0.25, 0.3) is 5.69 Å². The molecular formula is C13H9ClN2O5. The molecule has 21 heavy (non-hydrogen) atoms. The Hall–Kier alpha value is -2.67. The molecule has 0 spiro atoms. The van der Waals surface area contributed by atoms with E-state index in [-0.39, 0.29) is 16.7 Å². The Morgan fingerprint density at radius 1 is 1.43 bits per heavy atom. The van der Waals surface area contributed by atoms with Crippen molar-refractivity contribution >= 4 is 23.3 Å². The summed E-state index contributed by atoms with van der Waals surface area (Å²) in [6.07, 6.45) is 0.921. The lowest BCUT2D eigenvalue weighted by Gasteiger charge is -2.09. The fourth-order valence-electron chi connectivity index (χ4n) is 1.57. The maximum Gasteiger partial charge on any atom is 0.341 e. The standard InChI is InChI=1S/C13H9ClN2O5/c1-7-2-3-11(10(14)4-7)21-12-9(13(17)18)5-8(6-15-12)16(19)20/h2-6H,1H3,(H,17,18). The first-order chi connectivity index (χ1) is 9.88. The number of halogens is 1. The average Bonchev–Trinajstić information content (AvgIpc) is 2.41. The van der Waals surface area contributed by atoms with E-state index in [1.807, 2.05) is 6.92 Å². The Kier molecular flexibility index (Phi) is 4.04. The number of aryl methyl sites for hydroxylation is 1. The SMILES string of the molecule is Cc1ccc(Oc2ncc([N+](=O)[O-])cc2C(=O)O)c(Cl)c1. The Bertz CT molecular complexity index is 732. The summed E-state index contributed by atoms with van der Waals surface area (Å²) in [6.45, 7) is 1.84. The van der Waals surface area contributed by atoms with E-state index in [0.717, 1.165) is 17.8 Å². The molecule has 2 aromatic rings. The minimum Gasteiger partial charge on any atom is -0.477 e. The minimum atomic E-state index is -1.38. The largest absolute Gasteiger partial charge is 0.477 e. The molecule has 0 aliphatic heterocycles. The molecule has 0 saturated heterocycles. The van der Waals surface area contributed by atoms with Crippen LogP contribution in [0, 0.1) is 17.0 Å². The van der Waals surface area contributed by atoms with E-state index in [4.69, 9.17) is 21.4 Å². The van der Waals surface area contributed by atoms with Crippen LogP contribution in [-0.4, -0.2) is 21.0 Å². The molecule has 2 rings (SSSR count). The first-order valence-corrected chi connectivity index (χ1v) is 6.08. The molecule has 0 unspecified atom stereocenters. The lowest BCUT2D eigenvalue weighted by Crippen LogP contribution is -2.04. The molecule has 1 aromatic heterocycles. The fraction of sp³-hybridized carbons (Fsp3) is 0.0769. The van der Waals surface area contributed by atoms with Crippen LogP contribution in [-0.2, 0) is 0 Å². The van der Waals surface area contributed by atoms with Crippen LogP contribution in [0.25, 0.3) is 0 Å². The number of nitro groups is 1. The fourth-order valence-corrected chi connectivity index (χ4v) is 1.84. The zero-order valence-corrected chi connectivity index (χ0v) is 11.5. The molecule has 0 bridgehead atoms. The maximum atomic E-state index is 11.2. The number of hydrogen-bond acceptors (Lipinski definition) is 5. The molecule has 1 aromatic carbocycles. The third-order valence-electron chi connectivity index (χ3n) is 2.57. The highest BCUT2D eigenvalue weighted by Gasteiger charge is 2.19. The highest BCUT2D eigenvalue weighted by molar-refractivity contribution is 6.32. The summed E-state index contributed by atoms with van der Waals surface area (Å²) < 4.78 is 5.34. The molecule has 0 fully saturated rings. The number of hydrogen-bond donors (Lipinski definition) is 1. The first kappa shape index (κ1) is 14.7. The van der Waals surface area contributed by atoms with Crippen molar-refractivity contribution in [2.45, 2.75) is 6.92 Å². The number of nitrogens with zero attached hydrogens (tertiary/aromatic N) is 2. The minimum absolute atomic E-state index is 0.214. The molecular weight excluding hydrogens is 300 g/mol. The summed E-state index contributed by atoms with van der Waals surface area (Å²) >= 11 is 5.98. The van der Waals surface area contributed by atoms with Crippen molar-refractivity contribution in [3.8, 4) is 11.6 Å². The van der Waals surface area contributed by atoms with Gasteiger partial charge in [0, 0.05) is 6.07 Å².